The third kappa shape index (κ3) is 4.09. The van der Waals surface area contributed by atoms with Gasteiger partial charge in [-0.2, -0.15) is 0 Å². The molecule has 1 aliphatic heterocycles. The van der Waals surface area contributed by atoms with E-state index in [1.807, 2.05) is 25.1 Å². The molecule has 0 aliphatic carbocycles. The Kier molecular flexibility index (Phi) is 4.93. The Balaban J connectivity index is 1.63. The van der Waals surface area contributed by atoms with Gasteiger partial charge in [0, 0.05) is 28.8 Å². The zero-order chi connectivity index (χ0) is 16.2. The first-order valence-electron chi connectivity index (χ1n) is 7.40. The Bertz CT molecular complexity index is 697. The van der Waals surface area contributed by atoms with Gasteiger partial charge in [-0.3, -0.25) is 4.79 Å². The number of nitrogens with zero attached hydrogens (tertiary/aromatic N) is 1. The third-order valence-corrected chi connectivity index (χ3v) is 4.48. The van der Waals surface area contributed by atoms with Crippen LogP contribution in [0.5, 0.6) is 5.88 Å². The van der Waals surface area contributed by atoms with E-state index < -0.39 is 0 Å². The first kappa shape index (κ1) is 16.0. The SMILES string of the molecule is Cc1cc(NC(=O)c2ccc(O[C@H]3CCOC3)nc2)ccc1Br. The molecule has 2 aromatic rings. The van der Waals surface area contributed by atoms with Gasteiger partial charge < -0.3 is 14.8 Å². The molecule has 0 unspecified atom stereocenters. The number of rotatable bonds is 4. The summed E-state index contributed by atoms with van der Waals surface area (Å²) in [5.41, 5.74) is 2.29. The molecule has 1 aliphatic rings. The van der Waals surface area contributed by atoms with Gasteiger partial charge in [-0.1, -0.05) is 15.9 Å². The molecule has 0 spiro atoms. The number of benzene rings is 1. The number of anilines is 1. The Morgan fingerprint density at radius 1 is 1.39 bits per heavy atom. The van der Waals surface area contributed by atoms with Crippen LogP contribution in [-0.4, -0.2) is 30.2 Å². The van der Waals surface area contributed by atoms with Gasteiger partial charge in [-0.05, 0) is 36.8 Å². The quantitative estimate of drug-likeness (QED) is 0.885. The summed E-state index contributed by atoms with van der Waals surface area (Å²) in [6.45, 7) is 3.28. The number of carbonyl (C=O) groups excluding carboxylic acids is 1. The van der Waals surface area contributed by atoms with Gasteiger partial charge in [0.25, 0.3) is 5.91 Å². The minimum absolute atomic E-state index is 0.0490. The summed E-state index contributed by atoms with van der Waals surface area (Å²) >= 11 is 3.44. The standard InChI is InChI=1S/C17H17BrN2O3/c1-11-8-13(3-4-15(11)18)20-17(21)12-2-5-16(19-9-12)23-14-6-7-22-10-14/h2-5,8-9,14H,6-7,10H2,1H3,(H,20,21)/t14-/m0/s1. The zero-order valence-corrected chi connectivity index (χ0v) is 14.3. The Morgan fingerprint density at radius 3 is 2.91 bits per heavy atom. The van der Waals surface area contributed by atoms with Crippen molar-refractivity contribution in [2.45, 2.75) is 19.4 Å². The Hall–Kier alpha value is -1.92. The second-order valence-electron chi connectivity index (χ2n) is 5.41. The van der Waals surface area contributed by atoms with Crippen molar-refractivity contribution in [2.24, 2.45) is 0 Å². The number of hydrogen-bond donors (Lipinski definition) is 1. The minimum Gasteiger partial charge on any atom is -0.472 e. The molecule has 5 nitrogen and oxygen atoms in total. The molecule has 120 valence electrons. The van der Waals surface area contributed by atoms with Crippen LogP contribution >= 0.6 is 15.9 Å². The van der Waals surface area contributed by atoms with Crippen molar-refractivity contribution in [3.05, 3.63) is 52.1 Å². The molecule has 1 saturated heterocycles. The van der Waals surface area contributed by atoms with Crippen molar-refractivity contribution in [3.63, 3.8) is 0 Å². The van der Waals surface area contributed by atoms with Crippen molar-refractivity contribution in [3.8, 4) is 5.88 Å². The fourth-order valence-electron chi connectivity index (χ4n) is 2.29. The molecule has 1 fully saturated rings. The summed E-state index contributed by atoms with van der Waals surface area (Å²) in [6.07, 6.45) is 2.44. The maximum absolute atomic E-state index is 12.2. The fourth-order valence-corrected chi connectivity index (χ4v) is 2.53. The molecule has 1 amide bonds. The Morgan fingerprint density at radius 2 is 2.26 bits per heavy atom. The molecule has 0 radical (unpaired) electrons. The predicted molar refractivity (Wildman–Crippen MR) is 90.9 cm³/mol. The van der Waals surface area contributed by atoms with Crippen LogP contribution in [-0.2, 0) is 4.74 Å². The summed E-state index contributed by atoms with van der Waals surface area (Å²) in [7, 11) is 0. The van der Waals surface area contributed by atoms with E-state index in [1.54, 1.807) is 12.1 Å². The molecule has 23 heavy (non-hydrogen) atoms. The first-order chi connectivity index (χ1) is 11.1. The van der Waals surface area contributed by atoms with Crippen LogP contribution in [0.15, 0.2) is 41.0 Å². The highest BCUT2D eigenvalue weighted by atomic mass is 79.9. The maximum atomic E-state index is 12.2. The maximum Gasteiger partial charge on any atom is 0.257 e. The summed E-state index contributed by atoms with van der Waals surface area (Å²) in [4.78, 5) is 16.4. The molecule has 0 saturated carbocycles. The van der Waals surface area contributed by atoms with Gasteiger partial charge in [0.05, 0.1) is 18.8 Å². The predicted octanol–water partition coefficient (Wildman–Crippen LogP) is 3.57. The van der Waals surface area contributed by atoms with Crippen LogP contribution in [0, 0.1) is 6.92 Å². The average molecular weight is 377 g/mol. The Labute approximate surface area is 143 Å². The van der Waals surface area contributed by atoms with Crippen LogP contribution < -0.4 is 10.1 Å². The number of aryl methyl sites for hydroxylation is 1. The van der Waals surface area contributed by atoms with Crippen molar-refractivity contribution in [1.29, 1.82) is 0 Å². The van der Waals surface area contributed by atoms with E-state index in [0.717, 1.165) is 28.8 Å². The number of aromatic nitrogens is 1. The summed E-state index contributed by atoms with van der Waals surface area (Å²) in [5, 5.41) is 2.86. The monoisotopic (exact) mass is 376 g/mol. The normalized spacial score (nSPS) is 17.0. The average Bonchev–Trinajstić information content (AvgIpc) is 3.04. The second kappa shape index (κ2) is 7.10. The van der Waals surface area contributed by atoms with Gasteiger partial charge in [0.1, 0.15) is 6.10 Å². The molecule has 1 aromatic carbocycles. The molecule has 3 rings (SSSR count). The van der Waals surface area contributed by atoms with Gasteiger partial charge in [0.2, 0.25) is 5.88 Å². The van der Waals surface area contributed by atoms with E-state index in [-0.39, 0.29) is 12.0 Å². The van der Waals surface area contributed by atoms with Gasteiger partial charge >= 0.3 is 0 Å². The van der Waals surface area contributed by atoms with Crippen LogP contribution in [0.25, 0.3) is 0 Å². The van der Waals surface area contributed by atoms with E-state index >= 15 is 0 Å². The number of carbonyl (C=O) groups is 1. The second-order valence-corrected chi connectivity index (χ2v) is 6.26. The van der Waals surface area contributed by atoms with E-state index in [9.17, 15) is 4.79 Å². The lowest BCUT2D eigenvalue weighted by atomic mass is 10.2. The van der Waals surface area contributed by atoms with E-state index in [1.165, 1.54) is 6.20 Å². The number of hydrogen-bond acceptors (Lipinski definition) is 4. The van der Waals surface area contributed by atoms with Crippen LogP contribution in [0.1, 0.15) is 22.3 Å². The van der Waals surface area contributed by atoms with Crippen molar-refractivity contribution < 1.29 is 14.3 Å². The van der Waals surface area contributed by atoms with Crippen molar-refractivity contribution in [1.82, 2.24) is 4.98 Å². The van der Waals surface area contributed by atoms with Crippen LogP contribution in [0.3, 0.4) is 0 Å². The van der Waals surface area contributed by atoms with E-state index in [0.29, 0.717) is 18.1 Å². The number of halogens is 1. The molecule has 1 N–H and O–H groups in total. The summed E-state index contributed by atoms with van der Waals surface area (Å²) < 4.78 is 11.9. The first-order valence-corrected chi connectivity index (χ1v) is 8.19. The number of nitrogens with one attached hydrogen (secondary N) is 1. The lowest BCUT2D eigenvalue weighted by Crippen LogP contribution is -2.17. The van der Waals surface area contributed by atoms with Crippen molar-refractivity contribution in [2.75, 3.05) is 18.5 Å². The van der Waals surface area contributed by atoms with Gasteiger partial charge in [-0.25, -0.2) is 4.98 Å². The van der Waals surface area contributed by atoms with E-state index in [2.05, 4.69) is 26.2 Å². The number of ether oxygens (including phenoxy) is 2. The molecular weight excluding hydrogens is 360 g/mol. The molecule has 2 heterocycles. The lowest BCUT2D eigenvalue weighted by molar-refractivity contribution is 0.102. The van der Waals surface area contributed by atoms with Crippen LogP contribution in [0.2, 0.25) is 0 Å². The topological polar surface area (TPSA) is 60.5 Å². The molecule has 1 aromatic heterocycles. The molecule has 1 atom stereocenters. The van der Waals surface area contributed by atoms with Crippen LogP contribution in [0.4, 0.5) is 5.69 Å². The molecule has 0 bridgehead atoms. The minimum atomic E-state index is -0.199. The van der Waals surface area contributed by atoms with E-state index in [4.69, 9.17) is 9.47 Å². The van der Waals surface area contributed by atoms with Crippen molar-refractivity contribution >= 4 is 27.5 Å². The summed E-state index contributed by atoms with van der Waals surface area (Å²) in [6, 6.07) is 9.08. The molecule has 6 heteroatoms. The lowest BCUT2D eigenvalue weighted by Gasteiger charge is -2.11. The van der Waals surface area contributed by atoms with Gasteiger partial charge in [-0.15, -0.1) is 0 Å². The number of amides is 1. The largest absolute Gasteiger partial charge is 0.472 e. The fraction of sp³-hybridized carbons (Fsp3) is 0.294. The third-order valence-electron chi connectivity index (χ3n) is 3.59. The van der Waals surface area contributed by atoms with Gasteiger partial charge in [0.15, 0.2) is 0 Å². The highest BCUT2D eigenvalue weighted by Crippen LogP contribution is 2.21. The zero-order valence-electron chi connectivity index (χ0n) is 12.7. The number of pyridine rings is 1. The smallest absolute Gasteiger partial charge is 0.257 e. The highest BCUT2D eigenvalue weighted by molar-refractivity contribution is 9.10. The molecular formula is C17H17BrN2O3. The highest BCUT2D eigenvalue weighted by Gasteiger charge is 2.17. The summed E-state index contributed by atoms with van der Waals surface area (Å²) in [5.74, 6) is 0.312.